The summed E-state index contributed by atoms with van der Waals surface area (Å²) in [6.45, 7) is 8.59. The van der Waals surface area contributed by atoms with E-state index in [2.05, 4.69) is 72.4 Å². The minimum atomic E-state index is 0.829. The second-order valence-corrected chi connectivity index (χ2v) is 7.28. The van der Waals surface area contributed by atoms with Crippen molar-refractivity contribution < 1.29 is 0 Å². The summed E-state index contributed by atoms with van der Waals surface area (Å²) in [6.07, 6.45) is 1.86. The van der Waals surface area contributed by atoms with Crippen molar-refractivity contribution in [1.29, 1.82) is 0 Å². The zero-order valence-corrected chi connectivity index (χ0v) is 16.2. The number of hydrogen-bond donors (Lipinski definition) is 4. The van der Waals surface area contributed by atoms with Gasteiger partial charge in [0.25, 0.3) is 0 Å². The number of pyridine rings is 1. The summed E-state index contributed by atoms with van der Waals surface area (Å²) in [4.78, 5) is 7.18. The third-order valence-corrected chi connectivity index (χ3v) is 5.13. The average Bonchev–Trinajstić information content (AvgIpc) is 3.18. The number of fused-ring (bicyclic) bond motifs is 3. The van der Waals surface area contributed by atoms with Crippen molar-refractivity contribution in [3.63, 3.8) is 0 Å². The molecular weight excluding hydrogens is 350 g/mol. The van der Waals surface area contributed by atoms with Gasteiger partial charge >= 0.3 is 0 Å². The Morgan fingerprint density at radius 2 is 1.79 bits per heavy atom. The van der Waals surface area contributed by atoms with E-state index >= 15 is 0 Å². The smallest absolute Gasteiger partial charge is 0.0653 e. The fourth-order valence-corrected chi connectivity index (χ4v) is 3.53. The predicted molar refractivity (Wildman–Crippen MR) is 112 cm³/mol. The lowest BCUT2D eigenvalue weighted by Crippen LogP contribution is -2.40. The molecule has 3 heterocycles. The highest BCUT2D eigenvalue weighted by atomic mass is 15.2. The molecule has 0 unspecified atom stereocenters. The number of benzene rings is 1. The molecule has 0 aliphatic carbocycles. The van der Waals surface area contributed by atoms with Crippen LogP contribution in [0.25, 0.3) is 10.9 Å². The molecule has 3 aromatic rings. The molecule has 1 aliphatic heterocycles. The maximum atomic E-state index is 4.68. The van der Waals surface area contributed by atoms with Crippen molar-refractivity contribution in [3.8, 4) is 0 Å². The third-order valence-electron chi connectivity index (χ3n) is 5.13. The molecular formula is C21H29N7. The van der Waals surface area contributed by atoms with Gasteiger partial charge in [-0.3, -0.25) is 15.0 Å². The summed E-state index contributed by atoms with van der Waals surface area (Å²) in [6, 6.07) is 12.7. The highest BCUT2D eigenvalue weighted by Gasteiger charge is 2.07. The molecule has 4 rings (SSSR count). The van der Waals surface area contributed by atoms with Crippen LogP contribution in [-0.2, 0) is 19.6 Å². The summed E-state index contributed by atoms with van der Waals surface area (Å²) >= 11 is 0. The molecule has 1 aliphatic rings. The second kappa shape index (κ2) is 9.75. The molecule has 2 bridgehead atoms. The Labute approximate surface area is 165 Å². The van der Waals surface area contributed by atoms with Crippen LogP contribution >= 0.6 is 0 Å². The number of aromatic amines is 1. The summed E-state index contributed by atoms with van der Waals surface area (Å²) < 4.78 is 0. The van der Waals surface area contributed by atoms with Gasteiger partial charge in [-0.15, -0.1) is 0 Å². The molecule has 1 aromatic carbocycles. The van der Waals surface area contributed by atoms with Gasteiger partial charge in [0.2, 0.25) is 0 Å². The number of hydrogen-bond acceptors (Lipinski definition) is 6. The molecule has 148 valence electrons. The van der Waals surface area contributed by atoms with E-state index in [0.29, 0.717) is 0 Å². The standard InChI is InChI=1S/C21H29N7/c1-2-19-15-23-7-10-28(11-8-24-16-20(3-1)26-19)9-6-22-13-17-4-5-18-14-25-27-21(18)12-17/h1-5,12,14,22-24H,6-11,13,15-16H2,(H,25,27). The van der Waals surface area contributed by atoms with Crippen molar-refractivity contribution in [2.45, 2.75) is 19.6 Å². The lowest BCUT2D eigenvalue weighted by molar-refractivity contribution is 0.270. The van der Waals surface area contributed by atoms with Crippen LogP contribution in [0.5, 0.6) is 0 Å². The van der Waals surface area contributed by atoms with E-state index in [-0.39, 0.29) is 0 Å². The zero-order chi connectivity index (χ0) is 19.0. The minimum absolute atomic E-state index is 0.829. The quantitative estimate of drug-likeness (QED) is 0.500. The SMILES string of the molecule is c1cc2nc(c1)CNCCN(CCNCc1ccc3cn[nH]c3c1)CCNC2. The number of nitrogens with zero attached hydrogens (tertiary/aromatic N) is 3. The second-order valence-electron chi connectivity index (χ2n) is 7.28. The number of rotatable bonds is 5. The first kappa shape index (κ1) is 19.0. The summed E-state index contributed by atoms with van der Waals surface area (Å²) in [5, 5.41) is 18.9. The Balaban J connectivity index is 1.22. The fraction of sp³-hybridized carbons (Fsp3) is 0.429. The van der Waals surface area contributed by atoms with Crippen molar-refractivity contribution in [2.75, 3.05) is 39.3 Å². The monoisotopic (exact) mass is 379 g/mol. The highest BCUT2D eigenvalue weighted by molar-refractivity contribution is 5.78. The van der Waals surface area contributed by atoms with Crippen molar-refractivity contribution >= 4 is 10.9 Å². The van der Waals surface area contributed by atoms with Gasteiger partial charge in [0.1, 0.15) is 0 Å². The van der Waals surface area contributed by atoms with E-state index in [0.717, 1.165) is 81.2 Å². The maximum absolute atomic E-state index is 4.68. The molecule has 0 saturated heterocycles. The minimum Gasteiger partial charge on any atom is -0.311 e. The van der Waals surface area contributed by atoms with Gasteiger partial charge in [-0.05, 0) is 23.8 Å². The Hall–Kier alpha value is -2.32. The molecule has 7 heteroatoms. The molecule has 0 fully saturated rings. The van der Waals surface area contributed by atoms with Gasteiger partial charge in [-0.25, -0.2) is 0 Å². The molecule has 28 heavy (non-hydrogen) atoms. The van der Waals surface area contributed by atoms with Crippen LogP contribution in [-0.4, -0.2) is 59.3 Å². The van der Waals surface area contributed by atoms with Crippen LogP contribution in [0.4, 0.5) is 0 Å². The molecule has 2 aromatic heterocycles. The molecule has 0 amide bonds. The topological polar surface area (TPSA) is 80.9 Å². The first-order chi connectivity index (χ1) is 13.9. The molecule has 0 atom stereocenters. The van der Waals surface area contributed by atoms with E-state index in [1.807, 2.05) is 6.20 Å². The van der Waals surface area contributed by atoms with Crippen LogP contribution in [0.15, 0.2) is 42.6 Å². The number of aromatic nitrogens is 3. The predicted octanol–water partition coefficient (Wildman–Crippen LogP) is 1.24. The van der Waals surface area contributed by atoms with Crippen molar-refractivity contribution in [3.05, 3.63) is 59.5 Å². The zero-order valence-electron chi connectivity index (χ0n) is 16.2. The van der Waals surface area contributed by atoms with Crippen LogP contribution in [0.2, 0.25) is 0 Å². The molecule has 0 saturated carbocycles. The number of H-pyrrole nitrogens is 1. The highest BCUT2D eigenvalue weighted by Crippen LogP contribution is 2.12. The van der Waals surface area contributed by atoms with Gasteiger partial charge in [0.05, 0.1) is 23.1 Å². The normalized spacial score (nSPS) is 16.6. The molecule has 0 radical (unpaired) electrons. The van der Waals surface area contributed by atoms with E-state index in [9.17, 15) is 0 Å². The van der Waals surface area contributed by atoms with E-state index in [4.69, 9.17) is 0 Å². The maximum Gasteiger partial charge on any atom is 0.0653 e. The molecule has 4 N–H and O–H groups in total. The summed E-state index contributed by atoms with van der Waals surface area (Å²) in [7, 11) is 0. The van der Waals surface area contributed by atoms with Gasteiger partial charge < -0.3 is 16.0 Å². The first-order valence-corrected chi connectivity index (χ1v) is 10.1. The van der Waals surface area contributed by atoms with Crippen molar-refractivity contribution in [1.82, 2.24) is 36.0 Å². The fourth-order valence-electron chi connectivity index (χ4n) is 3.53. The van der Waals surface area contributed by atoms with Crippen LogP contribution in [0, 0.1) is 0 Å². The van der Waals surface area contributed by atoms with E-state index in [1.165, 1.54) is 5.56 Å². The van der Waals surface area contributed by atoms with Crippen molar-refractivity contribution in [2.24, 2.45) is 0 Å². The van der Waals surface area contributed by atoms with Gasteiger partial charge in [0.15, 0.2) is 0 Å². The Morgan fingerprint density at radius 1 is 1.00 bits per heavy atom. The average molecular weight is 380 g/mol. The van der Waals surface area contributed by atoms with Gasteiger partial charge in [0, 0.05) is 64.3 Å². The molecule has 7 nitrogen and oxygen atoms in total. The van der Waals surface area contributed by atoms with E-state index in [1.54, 1.807) is 0 Å². The summed E-state index contributed by atoms with van der Waals surface area (Å²) in [5.74, 6) is 0. The van der Waals surface area contributed by atoms with Crippen LogP contribution < -0.4 is 16.0 Å². The lowest BCUT2D eigenvalue weighted by Gasteiger charge is -2.23. The first-order valence-electron chi connectivity index (χ1n) is 10.1. The Morgan fingerprint density at radius 3 is 2.57 bits per heavy atom. The van der Waals surface area contributed by atoms with E-state index < -0.39 is 0 Å². The lowest BCUT2D eigenvalue weighted by atomic mass is 10.1. The third kappa shape index (κ3) is 5.36. The number of nitrogens with one attached hydrogen (secondary N) is 4. The Kier molecular flexibility index (Phi) is 6.62. The largest absolute Gasteiger partial charge is 0.311 e. The molecule has 0 spiro atoms. The Bertz CT molecular complexity index is 849. The van der Waals surface area contributed by atoms with Crippen LogP contribution in [0.1, 0.15) is 17.0 Å². The van der Waals surface area contributed by atoms with Crippen LogP contribution in [0.3, 0.4) is 0 Å². The van der Waals surface area contributed by atoms with Gasteiger partial charge in [-0.2, -0.15) is 5.10 Å². The van der Waals surface area contributed by atoms with Gasteiger partial charge in [-0.1, -0.05) is 18.2 Å². The summed E-state index contributed by atoms with van der Waals surface area (Å²) in [5.41, 5.74) is 4.60.